The SMILES string of the molecule is CC1(C)O[C@H]2O[C@@H]3Cn4cc(nn4)COc4ccccc4COC(=O)CO[C@@H]3[C@H]2O1. The fourth-order valence-corrected chi connectivity index (χ4v) is 3.85. The van der Waals surface area contributed by atoms with Gasteiger partial charge in [-0.15, -0.1) is 5.10 Å². The van der Waals surface area contributed by atoms with Crippen molar-refractivity contribution in [3.05, 3.63) is 41.7 Å². The number of cyclic esters (lactones) is 1. The van der Waals surface area contributed by atoms with Crippen LogP contribution in [0.15, 0.2) is 30.5 Å². The van der Waals surface area contributed by atoms with Gasteiger partial charge in [-0.05, 0) is 19.9 Å². The topological polar surface area (TPSA) is 103 Å². The van der Waals surface area contributed by atoms with E-state index in [0.29, 0.717) is 18.0 Å². The van der Waals surface area contributed by atoms with E-state index in [1.54, 1.807) is 10.9 Å². The van der Waals surface area contributed by atoms with Crippen LogP contribution in [-0.4, -0.2) is 58.0 Å². The normalized spacial score (nSPS) is 30.8. The van der Waals surface area contributed by atoms with Gasteiger partial charge >= 0.3 is 5.97 Å². The second-order valence-corrected chi connectivity index (χ2v) is 7.91. The molecule has 0 spiro atoms. The lowest BCUT2D eigenvalue weighted by Gasteiger charge is -2.25. The van der Waals surface area contributed by atoms with Crippen molar-refractivity contribution in [3.8, 4) is 5.75 Å². The maximum Gasteiger partial charge on any atom is 0.332 e. The number of ether oxygens (including phenoxy) is 6. The van der Waals surface area contributed by atoms with Gasteiger partial charge in [-0.2, -0.15) is 0 Å². The Morgan fingerprint density at radius 3 is 2.83 bits per heavy atom. The van der Waals surface area contributed by atoms with E-state index in [1.807, 2.05) is 38.1 Å². The summed E-state index contributed by atoms with van der Waals surface area (Å²) in [6.45, 7) is 4.07. The van der Waals surface area contributed by atoms with E-state index in [2.05, 4.69) is 10.3 Å². The molecule has 4 heterocycles. The molecule has 2 bridgehead atoms. The molecule has 1 aromatic carbocycles. The Labute approximate surface area is 172 Å². The van der Waals surface area contributed by atoms with Gasteiger partial charge in [0.15, 0.2) is 12.1 Å². The van der Waals surface area contributed by atoms with Crippen molar-refractivity contribution in [2.45, 2.75) is 64.0 Å². The molecule has 0 N–H and O–H groups in total. The molecule has 0 radical (unpaired) electrons. The van der Waals surface area contributed by atoms with E-state index in [4.69, 9.17) is 28.4 Å². The molecule has 0 amide bonds. The summed E-state index contributed by atoms with van der Waals surface area (Å²) >= 11 is 0. The first-order valence-corrected chi connectivity index (χ1v) is 9.85. The molecule has 10 nitrogen and oxygen atoms in total. The van der Waals surface area contributed by atoms with Gasteiger partial charge in [0.25, 0.3) is 0 Å². The van der Waals surface area contributed by atoms with Crippen LogP contribution in [0.25, 0.3) is 0 Å². The predicted molar refractivity (Wildman–Crippen MR) is 99.0 cm³/mol. The number of aromatic nitrogens is 3. The fourth-order valence-electron chi connectivity index (χ4n) is 3.85. The van der Waals surface area contributed by atoms with Crippen LogP contribution >= 0.6 is 0 Å². The largest absolute Gasteiger partial charge is 0.487 e. The molecule has 2 fully saturated rings. The van der Waals surface area contributed by atoms with Crippen LogP contribution in [-0.2, 0) is 48.2 Å². The molecular weight excluding hydrogens is 394 g/mol. The van der Waals surface area contributed by atoms with Gasteiger partial charge in [0.1, 0.15) is 49.6 Å². The Balaban J connectivity index is 1.39. The number of nitrogens with zero attached hydrogens (tertiary/aromatic N) is 3. The molecule has 30 heavy (non-hydrogen) atoms. The van der Waals surface area contributed by atoms with E-state index in [1.165, 1.54) is 0 Å². The van der Waals surface area contributed by atoms with Crippen molar-refractivity contribution in [1.82, 2.24) is 15.0 Å². The summed E-state index contributed by atoms with van der Waals surface area (Å²) in [5, 5.41) is 8.32. The zero-order valence-corrected chi connectivity index (χ0v) is 16.7. The number of carbonyl (C=O) groups is 1. The lowest BCUT2D eigenvalue weighted by atomic mass is 10.1. The Hall–Kier alpha value is -2.53. The minimum atomic E-state index is -0.789. The number of hydrogen-bond acceptors (Lipinski definition) is 9. The summed E-state index contributed by atoms with van der Waals surface area (Å²) in [6.07, 6.45) is -0.194. The monoisotopic (exact) mass is 417 g/mol. The summed E-state index contributed by atoms with van der Waals surface area (Å²) < 4.78 is 36.6. The Morgan fingerprint density at radius 1 is 1.07 bits per heavy atom. The molecule has 0 aliphatic carbocycles. The lowest BCUT2D eigenvalue weighted by molar-refractivity contribution is -0.220. The summed E-state index contributed by atoms with van der Waals surface area (Å²) in [5.74, 6) is -0.650. The summed E-state index contributed by atoms with van der Waals surface area (Å²) in [6, 6.07) is 7.38. The van der Waals surface area contributed by atoms with Gasteiger partial charge < -0.3 is 28.4 Å². The molecular formula is C20H23N3O7. The third kappa shape index (κ3) is 3.91. The van der Waals surface area contributed by atoms with Crippen LogP contribution in [0.2, 0.25) is 0 Å². The average molecular weight is 417 g/mol. The smallest absolute Gasteiger partial charge is 0.332 e. The van der Waals surface area contributed by atoms with Crippen LogP contribution in [0.1, 0.15) is 25.1 Å². The number of rotatable bonds is 0. The number of hydrogen-bond donors (Lipinski definition) is 0. The number of para-hydroxylation sites is 1. The highest BCUT2D eigenvalue weighted by atomic mass is 16.8. The quantitative estimate of drug-likeness (QED) is 0.585. The molecule has 160 valence electrons. The lowest BCUT2D eigenvalue weighted by Crippen LogP contribution is -2.40. The highest BCUT2D eigenvalue weighted by Gasteiger charge is 2.55. The van der Waals surface area contributed by atoms with Crippen LogP contribution in [0.4, 0.5) is 0 Å². The molecule has 10 heteroatoms. The van der Waals surface area contributed by atoms with Crippen molar-refractivity contribution in [3.63, 3.8) is 0 Å². The Bertz CT molecular complexity index is 931. The number of benzene rings is 1. The van der Waals surface area contributed by atoms with E-state index in [9.17, 15) is 4.79 Å². The highest BCUT2D eigenvalue weighted by molar-refractivity contribution is 5.70. The van der Waals surface area contributed by atoms with E-state index in [0.717, 1.165) is 5.56 Å². The van der Waals surface area contributed by atoms with E-state index >= 15 is 0 Å². The van der Waals surface area contributed by atoms with E-state index < -0.39 is 36.4 Å². The van der Waals surface area contributed by atoms with E-state index in [-0.39, 0.29) is 19.8 Å². The second-order valence-electron chi connectivity index (χ2n) is 7.91. The molecule has 2 aromatic rings. The zero-order valence-electron chi connectivity index (χ0n) is 16.7. The Kier molecular flexibility index (Phi) is 4.94. The maximum atomic E-state index is 12.3. The zero-order chi connectivity index (χ0) is 20.7. The Morgan fingerprint density at radius 2 is 1.93 bits per heavy atom. The van der Waals surface area contributed by atoms with Gasteiger partial charge in [-0.3, -0.25) is 0 Å². The van der Waals surface area contributed by atoms with Gasteiger partial charge in [0.2, 0.25) is 0 Å². The minimum Gasteiger partial charge on any atom is -0.487 e. The molecule has 0 unspecified atom stereocenters. The van der Waals surface area contributed by atoms with Crippen LogP contribution < -0.4 is 4.74 Å². The molecule has 3 aliphatic rings. The second kappa shape index (κ2) is 7.62. The van der Waals surface area contributed by atoms with Crippen molar-refractivity contribution < 1.29 is 33.2 Å². The van der Waals surface area contributed by atoms with Gasteiger partial charge in [0.05, 0.1) is 12.7 Å². The van der Waals surface area contributed by atoms with Crippen molar-refractivity contribution in [2.24, 2.45) is 0 Å². The van der Waals surface area contributed by atoms with Crippen LogP contribution in [0.3, 0.4) is 0 Å². The first kappa shape index (κ1) is 19.4. The summed E-state index contributed by atoms with van der Waals surface area (Å²) in [5.41, 5.74) is 1.42. The molecule has 5 rings (SSSR count). The highest BCUT2D eigenvalue weighted by Crippen LogP contribution is 2.39. The van der Waals surface area contributed by atoms with Crippen molar-refractivity contribution in [1.29, 1.82) is 0 Å². The first-order chi connectivity index (χ1) is 14.5. The van der Waals surface area contributed by atoms with Gasteiger partial charge in [-0.25, -0.2) is 9.48 Å². The van der Waals surface area contributed by atoms with Crippen LogP contribution in [0, 0.1) is 0 Å². The van der Waals surface area contributed by atoms with Crippen molar-refractivity contribution >= 4 is 5.97 Å². The molecule has 0 saturated carbocycles. The molecule has 4 atom stereocenters. The van der Waals surface area contributed by atoms with Gasteiger partial charge in [0, 0.05) is 5.56 Å². The van der Waals surface area contributed by atoms with Crippen LogP contribution in [0.5, 0.6) is 5.75 Å². The maximum absolute atomic E-state index is 12.3. The summed E-state index contributed by atoms with van der Waals surface area (Å²) in [7, 11) is 0. The van der Waals surface area contributed by atoms with Crippen molar-refractivity contribution in [2.75, 3.05) is 6.61 Å². The number of esters is 1. The van der Waals surface area contributed by atoms with Gasteiger partial charge in [-0.1, -0.05) is 23.4 Å². The third-order valence-corrected chi connectivity index (χ3v) is 5.17. The predicted octanol–water partition coefficient (Wildman–Crippen LogP) is 1.18. The summed E-state index contributed by atoms with van der Waals surface area (Å²) in [4.78, 5) is 12.3. The minimum absolute atomic E-state index is 0.0777. The number of carbonyl (C=O) groups excluding carboxylic acids is 1. The average Bonchev–Trinajstić information content (AvgIpc) is 3.36. The standard InChI is InChI=1S/C20H23N3O7/c1-20(2)29-18-17-15(28-19(18)30-20)8-23-7-13(21-22-23)10-25-14-6-4-3-5-12(14)9-26-16(24)11-27-17/h3-7,15,17-19H,8-11H2,1-2H3/t15-,17+,18-,19-/m1/s1. The third-order valence-electron chi connectivity index (χ3n) is 5.17. The molecule has 3 aliphatic heterocycles. The molecule has 1 aromatic heterocycles. The molecule has 2 saturated heterocycles. The first-order valence-electron chi connectivity index (χ1n) is 9.85. The fraction of sp³-hybridized carbons (Fsp3) is 0.550. The number of fused-ring (bicyclic) bond motifs is 6.